The van der Waals surface area contributed by atoms with Gasteiger partial charge in [-0.2, -0.15) is 13.2 Å². The molecule has 0 saturated carbocycles. The average Bonchev–Trinajstić information content (AvgIpc) is 3.40. The number of benzene rings is 3. The molecule has 0 saturated heterocycles. The molecule has 0 spiro atoms. The summed E-state index contributed by atoms with van der Waals surface area (Å²) in [6.45, 7) is 1.84. The van der Waals surface area contributed by atoms with E-state index in [-0.39, 0.29) is 46.1 Å². The molecule has 0 radical (unpaired) electrons. The van der Waals surface area contributed by atoms with Crippen LogP contribution in [0.15, 0.2) is 71.9 Å². The molecule has 3 aromatic carbocycles. The fraction of sp³-hybridized carbons (Fsp3) is 0.241. The van der Waals surface area contributed by atoms with Crippen molar-refractivity contribution in [2.24, 2.45) is 0 Å². The molecular weight excluding hydrogens is 585 g/mol. The number of nitro groups is 1. The van der Waals surface area contributed by atoms with E-state index in [9.17, 15) is 32.9 Å². The second kappa shape index (κ2) is 12.3. The number of carbonyl (C=O) groups is 2. The minimum absolute atomic E-state index is 0.0319. The maximum atomic E-state index is 13.6. The van der Waals surface area contributed by atoms with Crippen LogP contribution in [0.1, 0.15) is 39.3 Å². The van der Waals surface area contributed by atoms with Gasteiger partial charge < -0.3 is 10.2 Å². The molecule has 1 aliphatic heterocycles. The number of nitrogens with one attached hydrogen (secondary N) is 1. The summed E-state index contributed by atoms with van der Waals surface area (Å²) >= 11 is 1.02. The highest BCUT2D eigenvalue weighted by Gasteiger charge is 2.31. The van der Waals surface area contributed by atoms with Gasteiger partial charge >= 0.3 is 6.18 Å². The Balaban J connectivity index is 1.41. The number of halogens is 3. The lowest BCUT2D eigenvalue weighted by Gasteiger charge is -2.29. The number of nitro benzene ring substituents is 1. The number of aryl methyl sites for hydroxylation is 2. The molecular formula is C29H25F3N6O4S. The van der Waals surface area contributed by atoms with Crippen molar-refractivity contribution in [1.29, 1.82) is 0 Å². The highest BCUT2D eigenvalue weighted by atomic mass is 32.2. The molecule has 0 aliphatic carbocycles. The van der Waals surface area contributed by atoms with Crippen molar-refractivity contribution >= 4 is 35.0 Å². The highest BCUT2D eigenvalue weighted by Crippen LogP contribution is 2.32. The Morgan fingerprint density at radius 3 is 2.63 bits per heavy atom. The van der Waals surface area contributed by atoms with E-state index >= 15 is 0 Å². The number of nitrogens with zero attached hydrogens (tertiary/aromatic N) is 5. The van der Waals surface area contributed by atoms with E-state index in [1.54, 1.807) is 11.8 Å². The summed E-state index contributed by atoms with van der Waals surface area (Å²) in [5.74, 6) is -0.779. The van der Waals surface area contributed by atoms with Gasteiger partial charge in [-0.15, -0.1) is 10.2 Å². The van der Waals surface area contributed by atoms with Crippen LogP contribution in [0, 0.1) is 17.0 Å². The minimum atomic E-state index is -4.61. The van der Waals surface area contributed by atoms with Crippen LogP contribution >= 0.6 is 11.8 Å². The Bertz CT molecular complexity index is 1710. The first kappa shape index (κ1) is 29.8. The Hall–Kier alpha value is -4.72. The fourth-order valence-electron chi connectivity index (χ4n) is 4.79. The second-order valence-corrected chi connectivity index (χ2v) is 10.7. The van der Waals surface area contributed by atoms with E-state index < -0.39 is 22.6 Å². The molecule has 222 valence electrons. The number of hydrogen-bond donors (Lipinski definition) is 1. The first-order chi connectivity index (χ1) is 20.5. The zero-order valence-corrected chi connectivity index (χ0v) is 23.6. The predicted octanol–water partition coefficient (Wildman–Crippen LogP) is 5.50. The Labute approximate surface area is 248 Å². The molecule has 10 nitrogen and oxygen atoms in total. The van der Waals surface area contributed by atoms with E-state index in [0.29, 0.717) is 12.1 Å². The molecule has 4 aromatic rings. The summed E-state index contributed by atoms with van der Waals surface area (Å²) in [5.41, 5.74) is 1.29. The lowest BCUT2D eigenvalue weighted by molar-refractivity contribution is -0.385. The van der Waals surface area contributed by atoms with E-state index in [2.05, 4.69) is 15.5 Å². The number of amides is 2. The zero-order chi connectivity index (χ0) is 30.7. The van der Waals surface area contributed by atoms with Crippen LogP contribution in [0.25, 0.3) is 5.69 Å². The van der Waals surface area contributed by atoms with Crippen molar-refractivity contribution in [2.75, 3.05) is 17.2 Å². The van der Waals surface area contributed by atoms with Gasteiger partial charge in [-0.25, -0.2) is 0 Å². The number of carbonyl (C=O) groups excluding carboxylic acids is 2. The molecule has 0 unspecified atom stereocenters. The zero-order valence-electron chi connectivity index (χ0n) is 22.8. The smallest absolute Gasteiger partial charge is 0.345 e. The first-order valence-electron chi connectivity index (χ1n) is 13.2. The summed E-state index contributed by atoms with van der Waals surface area (Å²) < 4.78 is 42.0. The van der Waals surface area contributed by atoms with Crippen LogP contribution in [0.4, 0.5) is 24.5 Å². The topological polar surface area (TPSA) is 123 Å². The molecule has 0 fully saturated rings. The molecule has 5 rings (SSSR count). The van der Waals surface area contributed by atoms with Gasteiger partial charge in [0.2, 0.25) is 5.91 Å². The van der Waals surface area contributed by atoms with Gasteiger partial charge in [-0.05, 0) is 55.7 Å². The van der Waals surface area contributed by atoms with Crippen LogP contribution in [0.3, 0.4) is 0 Å². The summed E-state index contributed by atoms with van der Waals surface area (Å²) in [5, 5.41) is 22.3. The third-order valence-corrected chi connectivity index (χ3v) is 7.86. The number of para-hydroxylation sites is 1. The van der Waals surface area contributed by atoms with Gasteiger partial charge in [0, 0.05) is 29.4 Å². The van der Waals surface area contributed by atoms with Crippen molar-refractivity contribution < 1.29 is 27.7 Å². The maximum Gasteiger partial charge on any atom is 0.416 e. The summed E-state index contributed by atoms with van der Waals surface area (Å²) in [7, 11) is 0. The number of thioether (sulfide) groups is 1. The quantitative estimate of drug-likeness (QED) is 0.159. The first-order valence-corrected chi connectivity index (χ1v) is 14.2. The van der Waals surface area contributed by atoms with Gasteiger partial charge in [0.1, 0.15) is 0 Å². The van der Waals surface area contributed by atoms with Crippen molar-refractivity contribution in [3.8, 4) is 5.69 Å². The molecule has 1 aromatic heterocycles. The average molecular weight is 611 g/mol. The van der Waals surface area contributed by atoms with E-state index in [1.165, 1.54) is 28.8 Å². The maximum absolute atomic E-state index is 13.6. The SMILES string of the molecule is Cc1ccc(C(=O)NCc2nnc(SCC(=O)N3CCCc4ccccc43)n2-c2cccc(C(F)(F)F)c2)cc1[N+](=O)[O-]. The largest absolute Gasteiger partial charge is 0.416 e. The Morgan fingerprint density at radius 1 is 1.07 bits per heavy atom. The summed E-state index contributed by atoms with van der Waals surface area (Å²) in [6, 6.07) is 16.2. The normalized spacial score (nSPS) is 13.0. The second-order valence-electron chi connectivity index (χ2n) is 9.79. The van der Waals surface area contributed by atoms with Crippen molar-refractivity contribution in [2.45, 2.75) is 37.6 Å². The van der Waals surface area contributed by atoms with Crippen LogP contribution < -0.4 is 10.2 Å². The van der Waals surface area contributed by atoms with E-state index in [4.69, 9.17) is 0 Å². The van der Waals surface area contributed by atoms with Crippen LogP contribution in [0.5, 0.6) is 0 Å². The number of rotatable bonds is 8. The standard InChI is InChI=1S/C29H25F3N6O4S/c1-18-11-12-20(14-24(18)38(41)42)27(40)33-16-25-34-35-28(37(25)22-9-4-8-21(15-22)29(30,31)32)43-17-26(39)36-13-5-7-19-6-2-3-10-23(19)36/h2-4,6,8-12,14-15H,5,7,13,16-17H2,1H3,(H,33,40). The van der Waals surface area contributed by atoms with Crippen molar-refractivity contribution in [3.05, 3.63) is 105 Å². The molecule has 2 heterocycles. The summed E-state index contributed by atoms with van der Waals surface area (Å²) in [4.78, 5) is 38.5. The number of alkyl halides is 3. The van der Waals surface area contributed by atoms with Gasteiger partial charge in [0.05, 0.1) is 28.5 Å². The monoisotopic (exact) mass is 610 g/mol. The molecule has 0 atom stereocenters. The molecule has 0 bridgehead atoms. The van der Waals surface area contributed by atoms with Gasteiger partial charge in [0.25, 0.3) is 11.6 Å². The molecule has 1 aliphatic rings. The number of anilines is 1. The Kier molecular flexibility index (Phi) is 8.48. The number of fused-ring (bicyclic) bond motifs is 1. The third kappa shape index (κ3) is 6.53. The van der Waals surface area contributed by atoms with Gasteiger partial charge in [-0.1, -0.05) is 42.1 Å². The number of hydrogen-bond acceptors (Lipinski definition) is 7. The molecule has 2 amide bonds. The van der Waals surface area contributed by atoms with E-state index in [0.717, 1.165) is 54.1 Å². The lowest BCUT2D eigenvalue weighted by Crippen LogP contribution is -2.36. The van der Waals surface area contributed by atoms with Gasteiger partial charge in [0.15, 0.2) is 11.0 Å². The Morgan fingerprint density at radius 2 is 1.86 bits per heavy atom. The van der Waals surface area contributed by atoms with Crippen LogP contribution in [-0.4, -0.2) is 43.8 Å². The highest BCUT2D eigenvalue weighted by molar-refractivity contribution is 7.99. The van der Waals surface area contributed by atoms with Crippen molar-refractivity contribution in [3.63, 3.8) is 0 Å². The van der Waals surface area contributed by atoms with Crippen LogP contribution in [0.2, 0.25) is 0 Å². The fourth-order valence-corrected chi connectivity index (χ4v) is 5.64. The van der Waals surface area contributed by atoms with Crippen LogP contribution in [-0.2, 0) is 23.9 Å². The third-order valence-electron chi connectivity index (χ3n) is 6.94. The molecule has 1 N–H and O–H groups in total. The minimum Gasteiger partial charge on any atom is -0.345 e. The molecule has 43 heavy (non-hydrogen) atoms. The lowest BCUT2D eigenvalue weighted by atomic mass is 10.0. The van der Waals surface area contributed by atoms with Gasteiger partial charge in [-0.3, -0.25) is 24.3 Å². The number of aromatic nitrogens is 3. The van der Waals surface area contributed by atoms with Crippen molar-refractivity contribution in [1.82, 2.24) is 20.1 Å². The predicted molar refractivity (Wildman–Crippen MR) is 153 cm³/mol. The molecule has 14 heteroatoms. The summed E-state index contributed by atoms with van der Waals surface area (Å²) in [6.07, 6.45) is -2.94. The van der Waals surface area contributed by atoms with E-state index in [1.807, 2.05) is 24.3 Å².